The Labute approximate surface area is 177 Å². The van der Waals surface area contributed by atoms with Crippen molar-refractivity contribution in [1.29, 1.82) is 0 Å². The van der Waals surface area contributed by atoms with Crippen LogP contribution in [0.25, 0.3) is 17.2 Å². The van der Waals surface area contributed by atoms with E-state index < -0.39 is 0 Å². The molecule has 1 aromatic rings. The lowest BCUT2D eigenvalue weighted by Gasteiger charge is -2.17. The van der Waals surface area contributed by atoms with E-state index in [1.807, 2.05) is 30.3 Å². The van der Waals surface area contributed by atoms with Crippen molar-refractivity contribution in [1.82, 2.24) is 15.5 Å². The quantitative estimate of drug-likeness (QED) is 0.591. The fourth-order valence-corrected chi connectivity index (χ4v) is 3.64. The van der Waals surface area contributed by atoms with Gasteiger partial charge < -0.3 is 11.1 Å². The molecule has 1 atom stereocenters. The van der Waals surface area contributed by atoms with Crippen molar-refractivity contribution in [3.05, 3.63) is 71.1 Å². The first kappa shape index (κ1) is 22.0. The number of aromatic amines is 1. The molecule has 0 fully saturated rings. The van der Waals surface area contributed by atoms with E-state index in [4.69, 9.17) is 5.73 Å². The molecule has 0 unspecified atom stereocenters. The fourth-order valence-electron chi connectivity index (χ4n) is 3.64. The zero-order valence-electron chi connectivity index (χ0n) is 15.4. The van der Waals surface area contributed by atoms with Crippen molar-refractivity contribution in [3.63, 3.8) is 0 Å². The number of halogens is 2. The first-order chi connectivity index (χ1) is 12.8. The van der Waals surface area contributed by atoms with Gasteiger partial charge in [0.05, 0.1) is 11.9 Å². The van der Waals surface area contributed by atoms with Crippen LogP contribution in [0.3, 0.4) is 0 Å². The first-order valence-corrected chi connectivity index (χ1v) is 8.96. The molecule has 4 rings (SSSR count). The zero-order chi connectivity index (χ0) is 17.9. The number of amides is 1. The van der Waals surface area contributed by atoms with Crippen molar-refractivity contribution >= 4 is 36.8 Å². The van der Waals surface area contributed by atoms with E-state index in [1.54, 1.807) is 6.20 Å². The molecular weight excluding hydrogens is 395 g/mol. The van der Waals surface area contributed by atoms with E-state index in [2.05, 4.69) is 33.7 Å². The van der Waals surface area contributed by atoms with E-state index in [1.165, 1.54) is 5.56 Å². The van der Waals surface area contributed by atoms with Gasteiger partial charge in [-0.15, -0.1) is 24.8 Å². The van der Waals surface area contributed by atoms with E-state index in [-0.39, 0.29) is 36.8 Å². The molecule has 5 nitrogen and oxygen atoms in total. The molecule has 0 spiro atoms. The highest BCUT2D eigenvalue weighted by atomic mass is 35.5. The Hall–Kier alpha value is -2.34. The van der Waals surface area contributed by atoms with E-state index in [9.17, 15) is 4.79 Å². The van der Waals surface area contributed by atoms with Gasteiger partial charge >= 0.3 is 0 Å². The van der Waals surface area contributed by atoms with Gasteiger partial charge in [0.2, 0.25) is 0 Å². The number of nitrogens with zero attached hydrogens (tertiary/aromatic N) is 1. The number of nitrogens with two attached hydrogens (primary N) is 1. The number of hydrogen-bond acceptors (Lipinski definition) is 3. The van der Waals surface area contributed by atoms with Crippen molar-refractivity contribution in [2.45, 2.75) is 25.3 Å². The van der Waals surface area contributed by atoms with Crippen LogP contribution < -0.4 is 11.1 Å². The zero-order valence-corrected chi connectivity index (χ0v) is 17.0. The van der Waals surface area contributed by atoms with Crippen LogP contribution >= 0.6 is 24.8 Å². The summed E-state index contributed by atoms with van der Waals surface area (Å²) in [4.78, 5) is 13.0. The molecular formula is C21H24Cl2N4O. The molecule has 0 bridgehead atoms. The van der Waals surface area contributed by atoms with Crippen LogP contribution in [0.5, 0.6) is 0 Å². The molecule has 0 radical (unpaired) electrons. The Bertz CT molecular complexity index is 924. The highest BCUT2D eigenvalue weighted by Gasteiger charge is 2.25. The molecule has 0 saturated carbocycles. The number of aromatic nitrogens is 2. The molecule has 7 heteroatoms. The summed E-state index contributed by atoms with van der Waals surface area (Å²) in [6.45, 7) is 0.401. The van der Waals surface area contributed by atoms with E-state index >= 15 is 0 Å². The molecule has 1 aromatic carbocycles. The average molecular weight is 419 g/mol. The minimum atomic E-state index is -0.0943. The maximum atomic E-state index is 13.0. The summed E-state index contributed by atoms with van der Waals surface area (Å²) in [7, 11) is 0. The van der Waals surface area contributed by atoms with Gasteiger partial charge in [-0.1, -0.05) is 36.4 Å². The van der Waals surface area contributed by atoms with Crippen molar-refractivity contribution in [2.24, 2.45) is 5.73 Å². The summed E-state index contributed by atoms with van der Waals surface area (Å²) in [6, 6.07) is 11.9. The maximum absolute atomic E-state index is 13.0. The lowest BCUT2D eigenvalue weighted by atomic mass is 10.0. The van der Waals surface area contributed by atoms with Gasteiger partial charge in [0.1, 0.15) is 0 Å². The average Bonchev–Trinajstić information content (AvgIpc) is 2.90. The molecule has 148 valence electrons. The van der Waals surface area contributed by atoms with Crippen molar-refractivity contribution in [3.8, 4) is 11.1 Å². The fraction of sp³-hybridized carbons (Fsp3) is 0.238. The number of benzene rings is 1. The second kappa shape index (κ2) is 9.73. The summed E-state index contributed by atoms with van der Waals surface area (Å²) in [5.41, 5.74) is 12.0. The third-order valence-electron chi connectivity index (χ3n) is 4.91. The molecule has 2 aliphatic carbocycles. The lowest BCUT2D eigenvalue weighted by molar-refractivity contribution is 0.0937. The molecule has 4 N–H and O–H groups in total. The molecule has 1 amide bonds. The summed E-state index contributed by atoms with van der Waals surface area (Å²) in [6.07, 6.45) is 8.42. The summed E-state index contributed by atoms with van der Waals surface area (Å²) in [5, 5.41) is 10.3. The molecule has 0 saturated heterocycles. The summed E-state index contributed by atoms with van der Waals surface area (Å²) < 4.78 is 0. The Morgan fingerprint density at radius 1 is 1.25 bits per heavy atom. The number of rotatable bonds is 5. The standard InChI is InChI=1S/C21H22N4O.2ClH/c22-12-16(10-14-6-2-1-3-7-14)24-21(26)18-11-15-13-23-25-19-9-5-4-8-17(18)20(15)19;;/h1-3,5-7,9,11,13,16,25H,4,8,10,12,22H2,(H,24,26);2*1H/t16-;;/m0../s1. The van der Waals surface area contributed by atoms with Crippen molar-refractivity contribution < 1.29 is 4.79 Å². The highest BCUT2D eigenvalue weighted by Crippen LogP contribution is 2.36. The van der Waals surface area contributed by atoms with Crippen molar-refractivity contribution in [2.75, 3.05) is 6.54 Å². The second-order valence-electron chi connectivity index (χ2n) is 6.69. The van der Waals surface area contributed by atoms with Gasteiger partial charge in [0.15, 0.2) is 0 Å². The molecule has 3 aliphatic rings. The smallest absolute Gasteiger partial charge is 0.251 e. The van der Waals surface area contributed by atoms with Crippen LogP contribution in [0.15, 0.2) is 48.7 Å². The van der Waals surface area contributed by atoms with Crippen LogP contribution in [0, 0.1) is 0 Å². The molecule has 0 aromatic heterocycles. The minimum absolute atomic E-state index is 0. The monoisotopic (exact) mass is 418 g/mol. The number of nitrogens with one attached hydrogen (secondary N) is 2. The van der Waals surface area contributed by atoms with Crippen LogP contribution in [-0.2, 0) is 12.8 Å². The predicted octanol–water partition coefficient (Wildman–Crippen LogP) is 3.62. The molecule has 1 heterocycles. The molecule has 1 aliphatic heterocycles. The van der Waals surface area contributed by atoms with E-state index in [0.29, 0.717) is 6.54 Å². The first-order valence-electron chi connectivity index (χ1n) is 8.96. The molecule has 28 heavy (non-hydrogen) atoms. The van der Waals surface area contributed by atoms with Crippen LogP contribution in [-0.4, -0.2) is 28.7 Å². The van der Waals surface area contributed by atoms with Crippen LogP contribution in [0.4, 0.5) is 0 Å². The van der Waals surface area contributed by atoms with Crippen LogP contribution in [0.1, 0.15) is 33.6 Å². The van der Waals surface area contributed by atoms with Crippen LogP contribution in [0.2, 0.25) is 0 Å². The summed E-state index contributed by atoms with van der Waals surface area (Å²) in [5.74, 6) is -0.0598. The Balaban J connectivity index is 0.00000140. The number of carbonyl (C=O) groups excluding carboxylic acids is 1. The predicted molar refractivity (Wildman–Crippen MR) is 118 cm³/mol. The van der Waals surface area contributed by atoms with Gasteiger partial charge in [-0.2, -0.15) is 5.10 Å². The summed E-state index contributed by atoms with van der Waals surface area (Å²) >= 11 is 0. The second-order valence-corrected chi connectivity index (χ2v) is 6.69. The number of allylic oxidation sites excluding steroid dienone is 1. The topological polar surface area (TPSA) is 83.8 Å². The Morgan fingerprint density at radius 3 is 2.79 bits per heavy atom. The van der Waals surface area contributed by atoms with Gasteiger partial charge in [0.25, 0.3) is 5.91 Å². The highest BCUT2D eigenvalue weighted by molar-refractivity contribution is 6.01. The SMILES string of the molecule is Cl.Cl.NC[C@H](Cc1ccccc1)NC(=O)c1cc2cn[nH]c3c-2c1CCC=C3. The van der Waals surface area contributed by atoms with Gasteiger partial charge in [0, 0.05) is 29.3 Å². The maximum Gasteiger partial charge on any atom is 0.251 e. The van der Waals surface area contributed by atoms with Gasteiger partial charge in [-0.25, -0.2) is 0 Å². The Morgan fingerprint density at radius 2 is 2.04 bits per heavy atom. The Kier molecular flexibility index (Phi) is 7.63. The normalized spacial score (nSPS) is 13.2. The third kappa shape index (κ3) is 4.38. The number of H-pyrrole nitrogens is 1. The number of carbonyl (C=O) groups is 1. The van der Waals surface area contributed by atoms with Gasteiger partial charge in [-0.05, 0) is 42.5 Å². The number of hydrogen-bond donors (Lipinski definition) is 3. The van der Waals surface area contributed by atoms with Gasteiger partial charge in [-0.3, -0.25) is 9.89 Å². The lowest BCUT2D eigenvalue weighted by Crippen LogP contribution is -2.41. The minimum Gasteiger partial charge on any atom is -0.348 e. The van der Waals surface area contributed by atoms with E-state index in [0.717, 1.165) is 47.2 Å². The largest absolute Gasteiger partial charge is 0.348 e. The third-order valence-corrected chi connectivity index (χ3v) is 4.91.